The quantitative estimate of drug-likeness (QED) is 0.312. The van der Waals surface area contributed by atoms with Crippen molar-refractivity contribution in [2.75, 3.05) is 0 Å². The van der Waals surface area contributed by atoms with Gasteiger partial charge in [0.2, 0.25) is 12.1 Å². The molecule has 1 aromatic rings. The monoisotopic (exact) mass is 215 g/mol. The molecule has 0 heterocycles. The molecule has 1 aromatic carbocycles. The van der Waals surface area contributed by atoms with Crippen molar-refractivity contribution in [3.05, 3.63) is 48.6 Å². The summed E-state index contributed by atoms with van der Waals surface area (Å²) in [5, 5.41) is 0. The first-order chi connectivity index (χ1) is 7.71. The van der Waals surface area contributed by atoms with Crippen LogP contribution in [0, 0.1) is 0 Å². The highest BCUT2D eigenvalue weighted by molar-refractivity contribution is 6.34. The van der Waals surface area contributed by atoms with Crippen LogP contribution in [-0.2, 0) is 19.8 Å². The Hall–Kier alpha value is -2.03. The van der Waals surface area contributed by atoms with Crippen LogP contribution in [0.4, 0.5) is 0 Å². The molecule has 0 saturated carbocycles. The first-order valence-corrected chi connectivity index (χ1v) is 4.76. The molecule has 3 nitrogen and oxygen atoms in total. The van der Waals surface area contributed by atoms with Crippen LogP contribution in [0.2, 0.25) is 0 Å². The lowest BCUT2D eigenvalue weighted by Crippen LogP contribution is -2.38. The van der Waals surface area contributed by atoms with Crippen molar-refractivity contribution >= 4 is 18.4 Å². The van der Waals surface area contributed by atoms with Gasteiger partial charge in [-0.05, 0) is 12.0 Å². The van der Waals surface area contributed by atoms with Gasteiger partial charge in [0.1, 0.15) is 5.41 Å². The first kappa shape index (κ1) is 12.0. The molecule has 0 bridgehead atoms. The third kappa shape index (κ3) is 1.98. The second kappa shape index (κ2) is 5.16. The minimum absolute atomic E-state index is 0.0675. The molecule has 81 valence electrons. The molecular weight excluding hydrogens is 204 g/mol. The normalized spacial score (nSPS) is 13.5. The van der Waals surface area contributed by atoms with E-state index in [2.05, 4.69) is 6.58 Å². The van der Waals surface area contributed by atoms with E-state index in [1.807, 2.05) is 0 Å². The van der Waals surface area contributed by atoms with Crippen molar-refractivity contribution in [3.8, 4) is 0 Å². The van der Waals surface area contributed by atoms with Gasteiger partial charge in [0.25, 0.3) is 0 Å². The molecule has 0 aromatic heterocycles. The molecule has 3 heteroatoms. The number of rotatable bonds is 6. The van der Waals surface area contributed by atoms with Gasteiger partial charge in [-0.25, -0.2) is 0 Å². The lowest BCUT2D eigenvalue weighted by atomic mass is 9.76. The third-order valence-electron chi connectivity index (χ3n) is 2.42. The Labute approximate surface area is 93.8 Å². The van der Waals surface area contributed by atoms with Crippen molar-refractivity contribution in [3.63, 3.8) is 0 Å². The van der Waals surface area contributed by atoms with Gasteiger partial charge >= 0.3 is 0 Å². The van der Waals surface area contributed by atoms with Crippen LogP contribution in [0.1, 0.15) is 12.0 Å². The van der Waals surface area contributed by atoms with E-state index in [1.54, 1.807) is 36.6 Å². The standard InChI is InChI=1S/C13H11O3/c1-2-8-13(10-15,12(16)9-14)11-6-4-3-5-7-11/h2-7,9H,1,8H2. The van der Waals surface area contributed by atoms with Crippen molar-refractivity contribution < 1.29 is 14.4 Å². The van der Waals surface area contributed by atoms with Gasteiger partial charge in [0.15, 0.2) is 6.29 Å². The second-order valence-corrected chi connectivity index (χ2v) is 3.35. The molecule has 0 saturated heterocycles. The molecule has 0 spiro atoms. The molecule has 0 amide bonds. The van der Waals surface area contributed by atoms with Crippen molar-refractivity contribution in [2.45, 2.75) is 11.8 Å². The van der Waals surface area contributed by atoms with E-state index in [9.17, 15) is 14.4 Å². The largest absolute Gasteiger partial charge is 0.295 e. The summed E-state index contributed by atoms with van der Waals surface area (Å²) >= 11 is 0. The zero-order valence-corrected chi connectivity index (χ0v) is 8.68. The van der Waals surface area contributed by atoms with Crippen LogP contribution in [0.25, 0.3) is 0 Å². The zero-order valence-electron chi connectivity index (χ0n) is 8.68. The van der Waals surface area contributed by atoms with Crippen molar-refractivity contribution in [2.24, 2.45) is 0 Å². The summed E-state index contributed by atoms with van der Waals surface area (Å²) in [6.45, 7) is 3.49. The van der Waals surface area contributed by atoms with E-state index in [4.69, 9.17) is 0 Å². The minimum atomic E-state index is -1.54. The molecule has 1 unspecified atom stereocenters. The van der Waals surface area contributed by atoms with Gasteiger partial charge in [0.05, 0.1) is 0 Å². The predicted molar refractivity (Wildman–Crippen MR) is 59.7 cm³/mol. The Morgan fingerprint density at radius 3 is 2.44 bits per heavy atom. The second-order valence-electron chi connectivity index (χ2n) is 3.35. The van der Waals surface area contributed by atoms with Crippen LogP contribution in [0.3, 0.4) is 0 Å². The minimum Gasteiger partial charge on any atom is -0.295 e. The molecule has 0 aliphatic heterocycles. The fraction of sp³-hybridized carbons (Fsp3) is 0.154. The van der Waals surface area contributed by atoms with Crippen LogP contribution in [0.5, 0.6) is 0 Å². The van der Waals surface area contributed by atoms with Crippen molar-refractivity contribution in [1.29, 1.82) is 0 Å². The smallest absolute Gasteiger partial charge is 0.218 e. The van der Waals surface area contributed by atoms with E-state index in [0.29, 0.717) is 5.56 Å². The highest BCUT2D eigenvalue weighted by atomic mass is 16.2. The average molecular weight is 215 g/mol. The van der Waals surface area contributed by atoms with Crippen LogP contribution in [-0.4, -0.2) is 18.4 Å². The summed E-state index contributed by atoms with van der Waals surface area (Å²) in [7, 11) is 0. The van der Waals surface area contributed by atoms with Crippen LogP contribution in [0.15, 0.2) is 43.0 Å². The number of Topliss-reactive ketones (excluding diaryl/α,β-unsaturated/α-hetero) is 1. The zero-order chi connectivity index (χ0) is 12.0. The van der Waals surface area contributed by atoms with Gasteiger partial charge in [-0.1, -0.05) is 36.4 Å². The predicted octanol–water partition coefficient (Wildman–Crippen LogP) is 1.38. The molecule has 1 atom stereocenters. The molecule has 1 rings (SSSR count). The van der Waals surface area contributed by atoms with Crippen LogP contribution >= 0.6 is 0 Å². The molecule has 0 N–H and O–H groups in total. The molecule has 0 aliphatic rings. The highest BCUT2D eigenvalue weighted by Crippen LogP contribution is 2.26. The summed E-state index contributed by atoms with van der Waals surface area (Å²) < 4.78 is 0. The number of allylic oxidation sites excluding steroid dienone is 1. The van der Waals surface area contributed by atoms with Gasteiger partial charge in [-0.15, -0.1) is 6.58 Å². The Balaban J connectivity index is 3.33. The van der Waals surface area contributed by atoms with Gasteiger partial charge < -0.3 is 0 Å². The average Bonchev–Trinajstić information content (AvgIpc) is 2.36. The Kier molecular flexibility index (Phi) is 3.89. The SMILES string of the molecule is C=CCC([C]=O)(C(=O)C=O)c1ccccc1. The van der Waals surface area contributed by atoms with E-state index in [-0.39, 0.29) is 12.7 Å². The Bertz CT molecular complexity index is 408. The molecule has 0 fully saturated rings. The Morgan fingerprint density at radius 1 is 1.38 bits per heavy atom. The number of benzene rings is 1. The van der Waals surface area contributed by atoms with Crippen LogP contribution < -0.4 is 0 Å². The highest BCUT2D eigenvalue weighted by Gasteiger charge is 2.39. The van der Waals surface area contributed by atoms with Crippen molar-refractivity contribution in [1.82, 2.24) is 0 Å². The summed E-state index contributed by atoms with van der Waals surface area (Å²) in [5.41, 5.74) is -1.08. The summed E-state index contributed by atoms with van der Waals surface area (Å²) in [6.07, 6.45) is 3.33. The number of ketones is 1. The maximum absolute atomic E-state index is 11.6. The van der Waals surface area contributed by atoms with Gasteiger partial charge in [0, 0.05) is 0 Å². The number of hydrogen-bond acceptors (Lipinski definition) is 3. The number of carbonyl (C=O) groups is 2. The summed E-state index contributed by atoms with van der Waals surface area (Å²) in [5.74, 6) is -0.798. The molecular formula is C13H11O3. The lowest BCUT2D eigenvalue weighted by molar-refractivity contribution is -0.132. The lowest BCUT2D eigenvalue weighted by Gasteiger charge is -2.22. The van der Waals surface area contributed by atoms with Gasteiger partial charge in [-0.2, -0.15) is 0 Å². The number of aldehydes is 1. The topological polar surface area (TPSA) is 51.2 Å². The van der Waals surface area contributed by atoms with E-state index in [0.717, 1.165) is 0 Å². The third-order valence-corrected chi connectivity index (χ3v) is 2.42. The molecule has 1 radical (unpaired) electrons. The molecule has 16 heavy (non-hydrogen) atoms. The van der Waals surface area contributed by atoms with E-state index < -0.39 is 11.2 Å². The summed E-state index contributed by atoms with van der Waals surface area (Å²) in [4.78, 5) is 33.2. The maximum atomic E-state index is 11.6. The van der Waals surface area contributed by atoms with E-state index >= 15 is 0 Å². The first-order valence-electron chi connectivity index (χ1n) is 4.76. The van der Waals surface area contributed by atoms with E-state index in [1.165, 1.54) is 6.08 Å². The summed E-state index contributed by atoms with van der Waals surface area (Å²) in [6, 6.07) is 8.40. The fourth-order valence-corrected chi connectivity index (χ4v) is 1.55. The molecule has 0 aliphatic carbocycles. The number of hydrogen-bond donors (Lipinski definition) is 0. The fourth-order valence-electron chi connectivity index (χ4n) is 1.55. The number of carbonyl (C=O) groups excluding carboxylic acids is 3. The maximum Gasteiger partial charge on any atom is 0.218 e. The Morgan fingerprint density at radius 2 is 2.00 bits per heavy atom. The van der Waals surface area contributed by atoms with Gasteiger partial charge in [-0.3, -0.25) is 14.4 Å².